The number of benzene rings is 1. The molecule has 4 fully saturated rings. The Bertz CT molecular complexity index is 1450. The zero-order chi connectivity index (χ0) is 37.1. The first-order valence-corrected chi connectivity index (χ1v) is 21.5. The van der Waals surface area contributed by atoms with Crippen LogP contribution in [0, 0.1) is 69.0 Å². The van der Waals surface area contributed by atoms with Crippen molar-refractivity contribution < 1.29 is 19.1 Å². The first-order valence-electron chi connectivity index (χ1n) is 21.5. The molecule has 52 heavy (non-hydrogen) atoms. The Kier molecular flexibility index (Phi) is 10.5. The van der Waals surface area contributed by atoms with Crippen LogP contribution in [0.5, 0.6) is 0 Å². The first kappa shape index (κ1) is 37.9. The second-order valence-electron chi connectivity index (χ2n) is 20.5. The summed E-state index contributed by atoms with van der Waals surface area (Å²) in [6, 6.07) is 7.17. The van der Waals surface area contributed by atoms with Crippen LogP contribution in [-0.2, 0) is 9.47 Å². The lowest BCUT2D eigenvalue weighted by molar-refractivity contribution is -0.0931. The van der Waals surface area contributed by atoms with Gasteiger partial charge in [-0.15, -0.1) is 0 Å². The van der Waals surface area contributed by atoms with Crippen molar-refractivity contribution in [3.63, 3.8) is 0 Å². The molecule has 0 aliphatic heterocycles. The fourth-order valence-corrected chi connectivity index (χ4v) is 13.8. The van der Waals surface area contributed by atoms with Gasteiger partial charge in [0.25, 0.3) is 0 Å². The zero-order valence-corrected chi connectivity index (χ0v) is 34.0. The van der Waals surface area contributed by atoms with Crippen LogP contribution in [0.1, 0.15) is 166 Å². The number of esters is 2. The van der Waals surface area contributed by atoms with Gasteiger partial charge in [0.1, 0.15) is 0 Å². The van der Waals surface area contributed by atoms with Gasteiger partial charge in [-0.05, 0) is 147 Å². The van der Waals surface area contributed by atoms with Gasteiger partial charge in [-0.1, -0.05) is 104 Å². The van der Waals surface area contributed by atoms with Gasteiger partial charge in [-0.3, -0.25) is 0 Å². The molecular weight excluding hydrogens is 641 g/mol. The molecule has 7 rings (SSSR count). The number of fused-ring (bicyclic) bond motifs is 6. The Hall–Kier alpha value is -2.36. The highest BCUT2D eigenvalue weighted by molar-refractivity contribution is 6.03. The maximum atomic E-state index is 13.9. The van der Waals surface area contributed by atoms with Crippen LogP contribution in [-0.4, -0.2) is 25.2 Å². The predicted molar refractivity (Wildman–Crippen MR) is 211 cm³/mol. The van der Waals surface area contributed by atoms with Gasteiger partial charge in [0.2, 0.25) is 0 Å². The van der Waals surface area contributed by atoms with Crippen LogP contribution in [0.15, 0.2) is 47.6 Å². The average molecular weight is 711 g/mol. The lowest BCUT2D eigenvalue weighted by Gasteiger charge is -2.59. The molecule has 0 saturated heterocycles. The second kappa shape index (κ2) is 14.4. The van der Waals surface area contributed by atoms with Gasteiger partial charge in [0.05, 0.1) is 24.3 Å². The van der Waals surface area contributed by atoms with Crippen molar-refractivity contribution in [3.8, 4) is 0 Å². The number of carbonyl (C=O) groups excluding carboxylic acids is 2. The summed E-state index contributed by atoms with van der Waals surface area (Å²) >= 11 is 0. The lowest BCUT2D eigenvalue weighted by Crippen LogP contribution is -2.53. The molecule has 0 bridgehead atoms. The Balaban J connectivity index is 1.01. The number of rotatable bonds is 8. The number of hydrogen-bond acceptors (Lipinski definition) is 4. The lowest BCUT2D eigenvalue weighted by atomic mass is 9.45. The molecule has 286 valence electrons. The van der Waals surface area contributed by atoms with Crippen LogP contribution in [0.25, 0.3) is 0 Å². The van der Waals surface area contributed by atoms with Gasteiger partial charge in [0, 0.05) is 10.8 Å². The number of hydrogen-bond donors (Lipinski definition) is 0. The quantitative estimate of drug-likeness (QED) is 0.199. The molecule has 0 heterocycles. The summed E-state index contributed by atoms with van der Waals surface area (Å²) in [4.78, 5) is 27.8. The largest absolute Gasteiger partial charge is 0.461 e. The summed E-state index contributed by atoms with van der Waals surface area (Å²) < 4.78 is 12.5. The third-order valence-electron chi connectivity index (χ3n) is 16.7. The molecule has 4 saturated carbocycles. The Morgan fingerprint density at radius 2 is 1.02 bits per heavy atom. The topological polar surface area (TPSA) is 52.6 Å². The maximum absolute atomic E-state index is 13.9. The summed E-state index contributed by atoms with van der Waals surface area (Å²) in [5.74, 6) is 4.42. The fraction of sp³-hybridized carbons (Fsp3) is 0.750. The number of allylic oxidation sites excluding steroid dienone is 4. The smallest absolute Gasteiger partial charge is 0.339 e. The van der Waals surface area contributed by atoms with Crippen molar-refractivity contribution in [2.75, 3.05) is 13.2 Å². The molecule has 6 aliphatic rings. The molecule has 0 radical (unpaired) electrons. The summed E-state index contributed by atoms with van der Waals surface area (Å²) in [6.45, 7) is 20.1. The molecule has 10 atom stereocenters. The standard InChI is InChI=1S/C48H70O4/c1-31(2)33-15-19-39-35(27-33)17-21-41-45(5,23-11-25-47(39,41)7)29-51-43(49)37-13-9-10-14-38(37)44(50)52-30-46(6)24-12-26-48(8)40-20-16-34(32(3)4)28-36(40)18-22-42(46)48/h9-10,13-14,27-28,31-34,39-42H,11-12,15-26,29-30H2,1-8H3/t33-,34-,39-,40+,41+,42+,45-,46-,47+,48+/m0/s1. The Morgan fingerprint density at radius 1 is 0.615 bits per heavy atom. The first-order chi connectivity index (χ1) is 24.7. The molecule has 0 unspecified atom stereocenters. The van der Waals surface area contributed by atoms with Crippen LogP contribution < -0.4 is 0 Å². The van der Waals surface area contributed by atoms with E-state index in [2.05, 4.69) is 67.5 Å². The van der Waals surface area contributed by atoms with E-state index in [4.69, 9.17) is 9.47 Å². The summed E-state index contributed by atoms with van der Waals surface area (Å²) in [6.07, 6.45) is 22.2. The van der Waals surface area contributed by atoms with Crippen LogP contribution in [0.2, 0.25) is 0 Å². The van der Waals surface area contributed by atoms with Gasteiger partial charge in [-0.2, -0.15) is 0 Å². The zero-order valence-electron chi connectivity index (χ0n) is 34.0. The van der Waals surface area contributed by atoms with Crippen LogP contribution in [0.4, 0.5) is 0 Å². The summed E-state index contributed by atoms with van der Waals surface area (Å²) in [5, 5.41) is 0. The fourth-order valence-electron chi connectivity index (χ4n) is 13.8. The van der Waals surface area contributed by atoms with Crippen molar-refractivity contribution in [2.24, 2.45) is 69.0 Å². The van der Waals surface area contributed by atoms with Crippen molar-refractivity contribution in [3.05, 3.63) is 58.7 Å². The average Bonchev–Trinajstić information content (AvgIpc) is 3.12. The highest BCUT2D eigenvalue weighted by Gasteiger charge is 2.57. The third kappa shape index (κ3) is 6.67. The maximum Gasteiger partial charge on any atom is 0.339 e. The SMILES string of the molecule is CC(C)[C@@H]1C=C2CC[C@@H]3[C@](C)(COC(=O)c4ccccc4C(=O)OC[C@]4(C)CCC[C@@]5(C)[C@@H]4CCC4=C[C@@H](C(C)C)CC[C@@H]45)CCC[C@]3(C)[C@@H]2CC1. The van der Waals surface area contributed by atoms with E-state index >= 15 is 0 Å². The monoisotopic (exact) mass is 711 g/mol. The van der Waals surface area contributed by atoms with Gasteiger partial charge in [0.15, 0.2) is 0 Å². The highest BCUT2D eigenvalue weighted by Crippen LogP contribution is 2.65. The minimum absolute atomic E-state index is 0.0656. The molecule has 0 N–H and O–H groups in total. The normalized spacial score (nSPS) is 40.0. The molecule has 4 nitrogen and oxygen atoms in total. The van der Waals surface area contributed by atoms with E-state index in [-0.39, 0.29) is 21.7 Å². The molecule has 6 aliphatic carbocycles. The molecule has 1 aromatic rings. The summed E-state index contributed by atoms with van der Waals surface area (Å²) in [7, 11) is 0. The van der Waals surface area contributed by atoms with E-state index in [1.54, 1.807) is 23.3 Å². The predicted octanol–water partition coefficient (Wildman–Crippen LogP) is 12.4. The highest BCUT2D eigenvalue weighted by atomic mass is 16.5. The Labute approximate surface area is 316 Å². The summed E-state index contributed by atoms with van der Waals surface area (Å²) in [5.41, 5.74) is 4.47. The minimum atomic E-state index is -0.394. The molecule has 0 spiro atoms. The van der Waals surface area contributed by atoms with Crippen LogP contribution in [0.3, 0.4) is 0 Å². The second-order valence-corrected chi connectivity index (χ2v) is 20.5. The van der Waals surface area contributed by atoms with Crippen LogP contribution >= 0.6 is 0 Å². The van der Waals surface area contributed by atoms with E-state index < -0.39 is 11.9 Å². The van der Waals surface area contributed by atoms with E-state index in [1.807, 2.05) is 12.1 Å². The van der Waals surface area contributed by atoms with Crippen molar-refractivity contribution in [1.82, 2.24) is 0 Å². The van der Waals surface area contributed by atoms with E-state index in [0.29, 0.717) is 71.7 Å². The van der Waals surface area contributed by atoms with E-state index in [0.717, 1.165) is 12.8 Å². The molecule has 4 heteroatoms. The number of carbonyl (C=O) groups is 2. The molecule has 1 aromatic carbocycles. The molecule has 0 aromatic heterocycles. The Morgan fingerprint density at radius 3 is 1.40 bits per heavy atom. The molecular formula is C48H70O4. The van der Waals surface area contributed by atoms with E-state index in [9.17, 15) is 9.59 Å². The molecule has 0 amide bonds. The van der Waals surface area contributed by atoms with E-state index in [1.165, 1.54) is 77.0 Å². The van der Waals surface area contributed by atoms with Crippen molar-refractivity contribution in [2.45, 2.75) is 145 Å². The van der Waals surface area contributed by atoms with Crippen molar-refractivity contribution in [1.29, 1.82) is 0 Å². The van der Waals surface area contributed by atoms with Gasteiger partial charge in [-0.25, -0.2) is 9.59 Å². The minimum Gasteiger partial charge on any atom is -0.461 e. The van der Waals surface area contributed by atoms with Gasteiger partial charge >= 0.3 is 11.9 Å². The third-order valence-corrected chi connectivity index (χ3v) is 16.7. The number of ether oxygens (including phenoxy) is 2. The van der Waals surface area contributed by atoms with Gasteiger partial charge < -0.3 is 9.47 Å². The van der Waals surface area contributed by atoms with Crippen molar-refractivity contribution >= 4 is 11.9 Å².